The third kappa shape index (κ3) is 4.51. The minimum atomic E-state index is -0.528. The second kappa shape index (κ2) is 8.66. The van der Waals surface area contributed by atoms with E-state index in [2.05, 4.69) is 20.6 Å². The Kier molecular flexibility index (Phi) is 5.80. The third-order valence-electron chi connectivity index (χ3n) is 4.86. The second-order valence-electron chi connectivity index (χ2n) is 7.09. The summed E-state index contributed by atoms with van der Waals surface area (Å²) < 4.78 is 10.3. The number of amides is 2. The molecule has 9 nitrogen and oxygen atoms in total. The fraction of sp³-hybridized carbons (Fsp3) is 0.350. The predicted molar refractivity (Wildman–Crippen MR) is 106 cm³/mol. The molecule has 30 heavy (non-hydrogen) atoms. The Morgan fingerprint density at radius 1 is 1.23 bits per heavy atom. The van der Waals surface area contributed by atoms with Gasteiger partial charge < -0.3 is 19.3 Å². The molecule has 3 aromatic rings. The first-order valence-corrected chi connectivity index (χ1v) is 9.95. The minimum Gasteiger partial charge on any atom is -0.361 e. The number of likely N-dealkylation sites (tertiary alicyclic amines) is 1. The molecule has 1 N–H and O–H groups in total. The highest BCUT2D eigenvalue weighted by Crippen LogP contribution is 2.20. The van der Waals surface area contributed by atoms with Gasteiger partial charge in [-0.05, 0) is 44.0 Å². The topological polar surface area (TPSA) is 114 Å². The summed E-state index contributed by atoms with van der Waals surface area (Å²) in [5.41, 5.74) is 1.47. The van der Waals surface area contributed by atoms with Crippen molar-refractivity contribution in [3.8, 4) is 11.4 Å². The Hall–Kier alpha value is -3.20. The molecule has 0 aliphatic carbocycles. The average Bonchev–Trinajstić information content (AvgIpc) is 3.47. The van der Waals surface area contributed by atoms with Gasteiger partial charge in [0.25, 0.3) is 0 Å². The van der Waals surface area contributed by atoms with Crippen molar-refractivity contribution in [3.05, 3.63) is 52.7 Å². The number of aryl methyl sites for hydroxylation is 1. The van der Waals surface area contributed by atoms with Gasteiger partial charge in [-0.25, -0.2) is 0 Å². The first kappa shape index (κ1) is 20.1. The van der Waals surface area contributed by atoms with Gasteiger partial charge >= 0.3 is 0 Å². The van der Waals surface area contributed by atoms with E-state index in [4.69, 9.17) is 20.6 Å². The molecular formula is C20H20ClN5O4. The van der Waals surface area contributed by atoms with E-state index in [0.29, 0.717) is 35.3 Å². The fourth-order valence-corrected chi connectivity index (χ4v) is 3.54. The van der Waals surface area contributed by atoms with Crippen LogP contribution in [0.25, 0.3) is 11.4 Å². The van der Waals surface area contributed by atoms with Crippen molar-refractivity contribution in [2.45, 2.75) is 38.8 Å². The smallest absolute Gasteiger partial charge is 0.246 e. The van der Waals surface area contributed by atoms with E-state index in [1.807, 2.05) is 0 Å². The zero-order chi connectivity index (χ0) is 21.1. The van der Waals surface area contributed by atoms with Crippen molar-refractivity contribution in [1.29, 1.82) is 0 Å². The molecule has 3 heterocycles. The van der Waals surface area contributed by atoms with Gasteiger partial charge in [0.2, 0.25) is 23.5 Å². The summed E-state index contributed by atoms with van der Waals surface area (Å²) in [6.07, 6.45) is 1.45. The van der Waals surface area contributed by atoms with Crippen molar-refractivity contribution in [2.24, 2.45) is 0 Å². The van der Waals surface area contributed by atoms with E-state index >= 15 is 0 Å². The first-order chi connectivity index (χ1) is 14.5. The number of carbonyl (C=O) groups excluding carboxylic acids is 2. The van der Waals surface area contributed by atoms with Gasteiger partial charge in [-0.1, -0.05) is 21.9 Å². The Bertz CT molecular complexity index is 1050. The SMILES string of the molecule is Cc1cc(CC(=O)N2CCCC2C(=O)NCc2nc(-c3ccc(Cl)cc3)no2)on1. The Labute approximate surface area is 177 Å². The van der Waals surface area contributed by atoms with E-state index in [1.54, 1.807) is 42.2 Å². The summed E-state index contributed by atoms with van der Waals surface area (Å²) >= 11 is 5.88. The van der Waals surface area contributed by atoms with Gasteiger partial charge in [-0.15, -0.1) is 0 Å². The van der Waals surface area contributed by atoms with Gasteiger partial charge in [-0.2, -0.15) is 4.98 Å². The molecule has 10 heteroatoms. The standard InChI is InChI=1S/C20H20ClN5O4/c1-12-9-15(29-24-12)10-18(27)26-8-2-3-16(26)20(28)22-11-17-23-19(25-30-17)13-4-6-14(21)7-5-13/h4-7,9,16H,2-3,8,10-11H2,1H3,(H,22,28). The highest BCUT2D eigenvalue weighted by molar-refractivity contribution is 6.30. The predicted octanol–water partition coefficient (Wildman–Crippen LogP) is 2.54. The van der Waals surface area contributed by atoms with Crippen LogP contribution in [-0.2, 0) is 22.6 Å². The molecule has 1 saturated heterocycles. The van der Waals surface area contributed by atoms with Crippen LogP contribution >= 0.6 is 11.6 Å². The minimum absolute atomic E-state index is 0.0821. The maximum Gasteiger partial charge on any atom is 0.246 e. The lowest BCUT2D eigenvalue weighted by molar-refractivity contribution is -0.138. The van der Waals surface area contributed by atoms with E-state index in [0.717, 1.165) is 12.0 Å². The normalized spacial score (nSPS) is 16.1. The van der Waals surface area contributed by atoms with Crippen LogP contribution in [0, 0.1) is 6.92 Å². The Balaban J connectivity index is 1.34. The summed E-state index contributed by atoms with van der Waals surface area (Å²) in [6, 6.07) is 8.24. The molecule has 2 amide bonds. The molecule has 0 spiro atoms. The largest absolute Gasteiger partial charge is 0.361 e. The van der Waals surface area contributed by atoms with Gasteiger partial charge in [-0.3, -0.25) is 9.59 Å². The number of nitrogens with zero attached hydrogens (tertiary/aromatic N) is 4. The highest BCUT2D eigenvalue weighted by atomic mass is 35.5. The molecule has 1 aliphatic heterocycles. The van der Waals surface area contributed by atoms with Crippen LogP contribution in [0.2, 0.25) is 5.02 Å². The van der Waals surface area contributed by atoms with Crippen LogP contribution in [-0.4, -0.2) is 44.6 Å². The fourth-order valence-electron chi connectivity index (χ4n) is 3.41. The number of hydrogen-bond acceptors (Lipinski definition) is 7. The molecule has 1 atom stereocenters. The highest BCUT2D eigenvalue weighted by Gasteiger charge is 2.34. The van der Waals surface area contributed by atoms with Crippen molar-refractivity contribution in [3.63, 3.8) is 0 Å². The quantitative estimate of drug-likeness (QED) is 0.640. The number of halogens is 1. The summed E-state index contributed by atoms with van der Waals surface area (Å²) in [4.78, 5) is 31.1. The number of aromatic nitrogens is 3. The van der Waals surface area contributed by atoms with Crippen LogP contribution in [0.4, 0.5) is 0 Å². The summed E-state index contributed by atoms with van der Waals surface area (Å²) in [6.45, 7) is 2.41. The first-order valence-electron chi connectivity index (χ1n) is 9.57. The summed E-state index contributed by atoms with van der Waals surface area (Å²) in [7, 11) is 0. The number of benzene rings is 1. The van der Waals surface area contributed by atoms with Crippen molar-refractivity contribution < 1.29 is 18.6 Å². The lowest BCUT2D eigenvalue weighted by Crippen LogP contribution is -2.46. The van der Waals surface area contributed by atoms with Gasteiger partial charge in [0.1, 0.15) is 11.8 Å². The van der Waals surface area contributed by atoms with Crippen LogP contribution in [0.15, 0.2) is 39.4 Å². The lowest BCUT2D eigenvalue weighted by atomic mass is 10.2. The number of nitrogens with one attached hydrogen (secondary N) is 1. The molecule has 156 valence electrons. The van der Waals surface area contributed by atoms with E-state index in [-0.39, 0.29) is 30.7 Å². The third-order valence-corrected chi connectivity index (χ3v) is 5.11. The van der Waals surface area contributed by atoms with Crippen LogP contribution < -0.4 is 5.32 Å². The van der Waals surface area contributed by atoms with Crippen LogP contribution in [0.1, 0.15) is 30.2 Å². The molecule has 0 radical (unpaired) electrons. The zero-order valence-electron chi connectivity index (χ0n) is 16.3. The molecule has 1 fully saturated rings. The van der Waals surface area contributed by atoms with Crippen LogP contribution in [0.3, 0.4) is 0 Å². The molecule has 4 rings (SSSR count). The molecule has 0 bridgehead atoms. The lowest BCUT2D eigenvalue weighted by Gasteiger charge is -2.23. The Morgan fingerprint density at radius 3 is 2.77 bits per heavy atom. The summed E-state index contributed by atoms with van der Waals surface area (Å²) in [5.74, 6) is 0.772. The van der Waals surface area contributed by atoms with Gasteiger partial charge in [0.05, 0.1) is 18.7 Å². The van der Waals surface area contributed by atoms with E-state index in [9.17, 15) is 9.59 Å². The van der Waals surface area contributed by atoms with E-state index in [1.165, 1.54) is 0 Å². The van der Waals surface area contributed by atoms with Crippen molar-refractivity contribution >= 4 is 23.4 Å². The van der Waals surface area contributed by atoms with Crippen LogP contribution in [0.5, 0.6) is 0 Å². The molecule has 1 unspecified atom stereocenters. The number of rotatable bonds is 6. The molecule has 0 saturated carbocycles. The Morgan fingerprint density at radius 2 is 2.03 bits per heavy atom. The monoisotopic (exact) mass is 429 g/mol. The molecule has 2 aromatic heterocycles. The van der Waals surface area contributed by atoms with Gasteiger partial charge in [0.15, 0.2) is 0 Å². The average molecular weight is 430 g/mol. The summed E-state index contributed by atoms with van der Waals surface area (Å²) in [5, 5.41) is 11.1. The molecule has 1 aliphatic rings. The van der Waals surface area contributed by atoms with Crippen molar-refractivity contribution in [1.82, 2.24) is 25.5 Å². The molecule has 1 aromatic carbocycles. The molecular weight excluding hydrogens is 410 g/mol. The van der Waals surface area contributed by atoms with Crippen molar-refractivity contribution in [2.75, 3.05) is 6.54 Å². The van der Waals surface area contributed by atoms with Gasteiger partial charge in [0, 0.05) is 23.2 Å². The maximum absolute atomic E-state index is 12.7. The maximum atomic E-state index is 12.7. The number of carbonyl (C=O) groups is 2. The zero-order valence-corrected chi connectivity index (χ0v) is 17.1. The second-order valence-corrected chi connectivity index (χ2v) is 7.53. The number of hydrogen-bond donors (Lipinski definition) is 1. The van der Waals surface area contributed by atoms with E-state index < -0.39 is 6.04 Å².